The molecule has 0 saturated carbocycles. The topological polar surface area (TPSA) is 69.1 Å². The van der Waals surface area contributed by atoms with E-state index in [-0.39, 0.29) is 0 Å². The van der Waals surface area contributed by atoms with Gasteiger partial charge in [0.25, 0.3) is 0 Å². The molecule has 0 unspecified atom stereocenters. The molecule has 0 saturated heterocycles. The van der Waals surface area contributed by atoms with Gasteiger partial charge in [-0.05, 0) is 12.1 Å². The van der Waals surface area contributed by atoms with Gasteiger partial charge in [-0.2, -0.15) is 13.2 Å². The molecule has 0 spiro atoms. The highest BCUT2D eigenvalue weighted by Gasteiger charge is 2.37. The molecule has 7 heteroatoms. The molecule has 0 aliphatic heterocycles. The summed E-state index contributed by atoms with van der Waals surface area (Å²) < 4.78 is 37.3. The molecule has 1 amide bonds. The van der Waals surface area contributed by atoms with Crippen molar-refractivity contribution in [2.45, 2.75) is 6.18 Å². The summed E-state index contributed by atoms with van der Waals surface area (Å²) in [5, 5.41) is -0.769. The van der Waals surface area contributed by atoms with E-state index in [9.17, 15) is 18.0 Å². The standard InChI is InChI=1S/C8H6ClF3N2O/c9-6-3(7(14)15)1-2-4(13)5(6)8(10,11)12/h1-2H,13H2,(H2,14,15). The molecule has 0 radical (unpaired) electrons. The summed E-state index contributed by atoms with van der Waals surface area (Å²) in [6, 6.07) is 1.99. The van der Waals surface area contributed by atoms with Gasteiger partial charge >= 0.3 is 6.18 Å². The van der Waals surface area contributed by atoms with E-state index in [0.29, 0.717) is 0 Å². The number of carbonyl (C=O) groups excluding carboxylic acids is 1. The molecule has 0 aromatic heterocycles. The Morgan fingerprint density at radius 2 is 1.87 bits per heavy atom. The summed E-state index contributed by atoms with van der Waals surface area (Å²) >= 11 is 5.39. The van der Waals surface area contributed by atoms with Gasteiger partial charge < -0.3 is 11.5 Å². The summed E-state index contributed by atoms with van der Waals surface area (Å²) in [5.74, 6) is -1.04. The lowest BCUT2D eigenvalue weighted by Crippen LogP contribution is -2.16. The summed E-state index contributed by atoms with van der Waals surface area (Å²) in [4.78, 5) is 10.7. The van der Waals surface area contributed by atoms with Crippen LogP contribution in [-0.2, 0) is 6.18 Å². The number of amides is 1. The Bertz CT molecular complexity index is 417. The van der Waals surface area contributed by atoms with Gasteiger partial charge in [0.05, 0.1) is 16.1 Å². The zero-order valence-corrected chi connectivity index (χ0v) is 7.99. The van der Waals surface area contributed by atoms with Crippen molar-refractivity contribution in [3.8, 4) is 0 Å². The third-order valence-electron chi connectivity index (χ3n) is 1.72. The lowest BCUT2D eigenvalue weighted by Gasteiger charge is -2.13. The minimum Gasteiger partial charge on any atom is -0.398 e. The summed E-state index contributed by atoms with van der Waals surface area (Å²) in [5.41, 5.74) is 7.78. The van der Waals surface area contributed by atoms with E-state index in [4.69, 9.17) is 23.1 Å². The van der Waals surface area contributed by atoms with Crippen molar-refractivity contribution in [1.82, 2.24) is 0 Å². The third-order valence-corrected chi connectivity index (χ3v) is 2.12. The number of nitrogen functional groups attached to an aromatic ring is 1. The van der Waals surface area contributed by atoms with Gasteiger partial charge in [-0.15, -0.1) is 0 Å². The van der Waals surface area contributed by atoms with Gasteiger partial charge in [-0.25, -0.2) is 0 Å². The number of rotatable bonds is 1. The Kier molecular flexibility index (Phi) is 2.81. The molecule has 1 aromatic rings. The van der Waals surface area contributed by atoms with E-state index in [0.717, 1.165) is 12.1 Å². The van der Waals surface area contributed by atoms with Gasteiger partial charge in [0.15, 0.2) is 0 Å². The predicted molar refractivity (Wildman–Crippen MR) is 49.4 cm³/mol. The molecule has 0 aliphatic carbocycles. The maximum Gasteiger partial charge on any atom is 0.419 e. The first-order valence-electron chi connectivity index (χ1n) is 3.70. The Hall–Kier alpha value is -1.43. The maximum atomic E-state index is 12.4. The van der Waals surface area contributed by atoms with E-state index < -0.39 is 33.9 Å². The van der Waals surface area contributed by atoms with Crippen molar-refractivity contribution in [3.63, 3.8) is 0 Å². The van der Waals surface area contributed by atoms with E-state index in [1.807, 2.05) is 0 Å². The van der Waals surface area contributed by atoms with Crippen molar-refractivity contribution in [3.05, 3.63) is 28.3 Å². The lowest BCUT2D eigenvalue weighted by molar-refractivity contribution is -0.136. The first-order valence-corrected chi connectivity index (χ1v) is 4.08. The summed E-state index contributed by atoms with van der Waals surface area (Å²) in [6.45, 7) is 0. The second-order valence-electron chi connectivity index (χ2n) is 2.75. The summed E-state index contributed by atoms with van der Waals surface area (Å²) in [6.07, 6.45) is -4.72. The van der Waals surface area contributed by atoms with E-state index in [1.54, 1.807) is 0 Å². The van der Waals surface area contributed by atoms with Crippen LogP contribution in [0.3, 0.4) is 0 Å². The predicted octanol–water partition coefficient (Wildman–Crippen LogP) is 2.04. The first kappa shape index (κ1) is 11.6. The van der Waals surface area contributed by atoms with E-state index in [2.05, 4.69) is 0 Å². The van der Waals surface area contributed by atoms with Crippen LogP contribution in [0.15, 0.2) is 12.1 Å². The van der Waals surface area contributed by atoms with Crippen LogP contribution in [-0.4, -0.2) is 5.91 Å². The number of benzene rings is 1. The number of halogens is 4. The molecule has 4 N–H and O–H groups in total. The fraction of sp³-hybridized carbons (Fsp3) is 0.125. The second-order valence-corrected chi connectivity index (χ2v) is 3.13. The van der Waals surface area contributed by atoms with Crippen molar-refractivity contribution in [2.24, 2.45) is 5.73 Å². The number of nitrogens with two attached hydrogens (primary N) is 2. The second kappa shape index (κ2) is 3.62. The first-order chi connectivity index (χ1) is 6.75. The number of alkyl halides is 3. The fourth-order valence-corrected chi connectivity index (χ4v) is 1.44. The monoisotopic (exact) mass is 238 g/mol. The number of hydrogen-bond acceptors (Lipinski definition) is 2. The molecule has 0 aliphatic rings. The Labute approximate surface area is 87.8 Å². The quantitative estimate of drug-likeness (QED) is 0.735. The van der Waals surface area contributed by atoms with Crippen molar-refractivity contribution >= 4 is 23.2 Å². The van der Waals surface area contributed by atoms with Crippen LogP contribution in [0, 0.1) is 0 Å². The smallest absolute Gasteiger partial charge is 0.398 e. The average molecular weight is 239 g/mol. The van der Waals surface area contributed by atoms with Crippen molar-refractivity contribution in [2.75, 3.05) is 5.73 Å². The summed E-state index contributed by atoms with van der Waals surface area (Å²) in [7, 11) is 0. The SMILES string of the molecule is NC(=O)c1ccc(N)c(C(F)(F)F)c1Cl. The van der Waals surface area contributed by atoms with Crippen LogP contribution in [0.25, 0.3) is 0 Å². The van der Waals surface area contributed by atoms with Crippen molar-refractivity contribution < 1.29 is 18.0 Å². The van der Waals surface area contributed by atoms with Gasteiger partial charge in [0.1, 0.15) is 0 Å². The van der Waals surface area contributed by atoms with Gasteiger partial charge in [-0.3, -0.25) is 4.79 Å². The zero-order chi connectivity index (χ0) is 11.8. The number of hydrogen-bond donors (Lipinski definition) is 2. The Balaban J connectivity index is 3.51. The zero-order valence-electron chi connectivity index (χ0n) is 7.23. The molecular formula is C8H6ClF3N2O. The highest BCUT2D eigenvalue weighted by Crippen LogP contribution is 2.39. The van der Waals surface area contributed by atoms with Crippen LogP contribution in [0.4, 0.5) is 18.9 Å². The van der Waals surface area contributed by atoms with Crippen LogP contribution >= 0.6 is 11.6 Å². The molecule has 1 rings (SSSR count). The molecule has 0 fully saturated rings. The number of anilines is 1. The molecule has 82 valence electrons. The fourth-order valence-electron chi connectivity index (χ4n) is 1.07. The minimum absolute atomic E-state index is 0.404. The van der Waals surface area contributed by atoms with Gasteiger partial charge in [0, 0.05) is 5.69 Å². The van der Waals surface area contributed by atoms with Crippen LogP contribution in [0.2, 0.25) is 5.02 Å². The maximum absolute atomic E-state index is 12.4. The van der Waals surface area contributed by atoms with Crippen molar-refractivity contribution in [1.29, 1.82) is 0 Å². The lowest BCUT2D eigenvalue weighted by atomic mass is 10.1. The molecule has 0 heterocycles. The molecular weight excluding hydrogens is 233 g/mol. The van der Waals surface area contributed by atoms with Crippen LogP contribution < -0.4 is 11.5 Å². The highest BCUT2D eigenvalue weighted by molar-refractivity contribution is 6.35. The number of carbonyl (C=O) groups is 1. The molecule has 3 nitrogen and oxygen atoms in total. The molecule has 15 heavy (non-hydrogen) atoms. The highest BCUT2D eigenvalue weighted by atomic mass is 35.5. The minimum atomic E-state index is -4.72. The van der Waals surface area contributed by atoms with E-state index >= 15 is 0 Å². The Morgan fingerprint density at radius 1 is 1.33 bits per heavy atom. The van der Waals surface area contributed by atoms with Gasteiger partial charge in [-0.1, -0.05) is 11.6 Å². The average Bonchev–Trinajstić information content (AvgIpc) is 2.00. The van der Waals surface area contributed by atoms with Crippen LogP contribution in [0.1, 0.15) is 15.9 Å². The van der Waals surface area contributed by atoms with Crippen LogP contribution in [0.5, 0.6) is 0 Å². The number of primary amides is 1. The Morgan fingerprint density at radius 3 is 2.27 bits per heavy atom. The van der Waals surface area contributed by atoms with Gasteiger partial charge in [0.2, 0.25) is 5.91 Å². The molecule has 0 atom stereocenters. The van der Waals surface area contributed by atoms with E-state index in [1.165, 1.54) is 0 Å². The normalized spacial score (nSPS) is 11.5. The largest absolute Gasteiger partial charge is 0.419 e. The molecule has 0 bridgehead atoms. The molecule has 1 aromatic carbocycles. The third kappa shape index (κ3) is 2.15.